The first-order valence-corrected chi connectivity index (χ1v) is 12.0. The van der Waals surface area contributed by atoms with Gasteiger partial charge in [0.15, 0.2) is 0 Å². The average Bonchev–Trinajstić information content (AvgIpc) is 3.29. The monoisotopic (exact) mass is 459 g/mol. The topological polar surface area (TPSA) is 71.1 Å². The van der Waals surface area contributed by atoms with Crippen molar-refractivity contribution >= 4 is 23.3 Å². The first kappa shape index (κ1) is 23.9. The first-order chi connectivity index (χ1) is 15.5. The van der Waals surface area contributed by atoms with E-state index >= 15 is 0 Å². The predicted molar refractivity (Wildman–Crippen MR) is 126 cm³/mol. The van der Waals surface area contributed by atoms with Gasteiger partial charge in [0, 0.05) is 30.1 Å². The number of nitrogens with zero attached hydrogens (tertiary/aromatic N) is 2. The van der Waals surface area contributed by atoms with E-state index in [1.165, 1.54) is 4.88 Å². The molecular formula is C24H33N3O4S. The van der Waals surface area contributed by atoms with E-state index in [4.69, 9.17) is 9.47 Å². The van der Waals surface area contributed by atoms with Gasteiger partial charge in [-0.3, -0.25) is 4.79 Å². The van der Waals surface area contributed by atoms with Gasteiger partial charge in [-0.2, -0.15) is 0 Å². The van der Waals surface area contributed by atoms with Gasteiger partial charge < -0.3 is 24.6 Å². The van der Waals surface area contributed by atoms with Gasteiger partial charge in [-0.15, -0.1) is 11.3 Å². The van der Waals surface area contributed by atoms with Crippen LogP contribution >= 0.6 is 11.3 Å². The molecule has 174 valence electrons. The van der Waals surface area contributed by atoms with Crippen LogP contribution in [0.1, 0.15) is 43.7 Å². The fourth-order valence-electron chi connectivity index (χ4n) is 3.88. The van der Waals surface area contributed by atoms with Crippen molar-refractivity contribution in [3.8, 4) is 11.5 Å². The minimum absolute atomic E-state index is 0.0292. The summed E-state index contributed by atoms with van der Waals surface area (Å²) in [5.41, 5.74) is 1.13. The van der Waals surface area contributed by atoms with Gasteiger partial charge in [-0.05, 0) is 55.8 Å². The first-order valence-electron chi connectivity index (χ1n) is 11.2. The van der Waals surface area contributed by atoms with E-state index in [0.29, 0.717) is 25.4 Å². The molecule has 2 heterocycles. The Morgan fingerprint density at radius 2 is 2.06 bits per heavy atom. The highest BCUT2D eigenvalue weighted by Gasteiger charge is 2.34. The quantitative estimate of drug-likeness (QED) is 0.613. The molecule has 8 heteroatoms. The molecule has 0 spiro atoms. The minimum atomic E-state index is -0.201. The van der Waals surface area contributed by atoms with Crippen molar-refractivity contribution in [3.63, 3.8) is 0 Å². The molecule has 3 rings (SSSR count). The van der Waals surface area contributed by atoms with Crippen LogP contribution in [0, 0.1) is 0 Å². The molecule has 0 aliphatic carbocycles. The number of fused-ring (bicyclic) bond motifs is 1. The Kier molecular flexibility index (Phi) is 8.39. The van der Waals surface area contributed by atoms with Gasteiger partial charge >= 0.3 is 6.03 Å². The Bertz CT molecular complexity index is 916. The van der Waals surface area contributed by atoms with Crippen molar-refractivity contribution in [3.05, 3.63) is 46.2 Å². The zero-order valence-corrected chi connectivity index (χ0v) is 20.1. The van der Waals surface area contributed by atoms with Crippen LogP contribution in [-0.4, -0.2) is 61.1 Å². The summed E-state index contributed by atoms with van der Waals surface area (Å²) in [6.45, 7) is 7.40. The van der Waals surface area contributed by atoms with Crippen molar-refractivity contribution in [1.29, 1.82) is 0 Å². The summed E-state index contributed by atoms with van der Waals surface area (Å²) in [6, 6.07) is 9.11. The summed E-state index contributed by atoms with van der Waals surface area (Å²) in [5, 5.41) is 4.90. The molecule has 1 aliphatic rings. The van der Waals surface area contributed by atoms with Crippen LogP contribution in [0.5, 0.6) is 11.5 Å². The lowest BCUT2D eigenvalue weighted by molar-refractivity contribution is -0.135. The second-order valence-corrected chi connectivity index (χ2v) is 8.86. The van der Waals surface area contributed by atoms with Crippen LogP contribution < -0.4 is 14.8 Å². The molecule has 1 aromatic heterocycles. The van der Waals surface area contributed by atoms with Gasteiger partial charge in [-0.1, -0.05) is 13.0 Å². The number of rotatable bonds is 9. The molecular weight excluding hydrogens is 426 g/mol. The molecule has 1 N–H and O–H groups in total. The fraction of sp³-hybridized carbons (Fsp3) is 0.500. The Morgan fingerprint density at radius 3 is 2.78 bits per heavy atom. The van der Waals surface area contributed by atoms with Crippen molar-refractivity contribution in [2.24, 2.45) is 0 Å². The smallest absolute Gasteiger partial charge is 0.318 e. The fourth-order valence-corrected chi connectivity index (χ4v) is 4.81. The Balaban J connectivity index is 1.78. The maximum Gasteiger partial charge on any atom is 0.318 e. The summed E-state index contributed by atoms with van der Waals surface area (Å²) >= 11 is 1.72. The molecule has 32 heavy (non-hydrogen) atoms. The lowest BCUT2D eigenvalue weighted by Crippen LogP contribution is -2.52. The molecule has 0 bridgehead atoms. The number of thiophene rings is 1. The van der Waals surface area contributed by atoms with E-state index in [2.05, 4.69) is 16.8 Å². The molecule has 0 saturated heterocycles. The normalized spacial score (nSPS) is 16.1. The van der Waals surface area contributed by atoms with Gasteiger partial charge in [0.1, 0.15) is 24.7 Å². The van der Waals surface area contributed by atoms with E-state index in [0.717, 1.165) is 24.2 Å². The number of amides is 3. The maximum absolute atomic E-state index is 13.4. The number of carbonyl (C=O) groups is 2. The number of hydrogen-bond donors (Lipinski definition) is 1. The van der Waals surface area contributed by atoms with Crippen molar-refractivity contribution < 1.29 is 19.1 Å². The highest BCUT2D eigenvalue weighted by molar-refractivity contribution is 7.10. The van der Waals surface area contributed by atoms with Crippen molar-refractivity contribution in [1.82, 2.24) is 15.1 Å². The van der Waals surface area contributed by atoms with E-state index in [1.54, 1.807) is 23.3 Å². The van der Waals surface area contributed by atoms with E-state index < -0.39 is 0 Å². The minimum Gasteiger partial charge on any atom is -0.497 e. The van der Waals surface area contributed by atoms with Gasteiger partial charge in [0.2, 0.25) is 5.91 Å². The number of urea groups is 1. The summed E-state index contributed by atoms with van der Waals surface area (Å²) in [5.74, 6) is 1.36. The third-order valence-corrected chi connectivity index (χ3v) is 6.88. The standard InChI is InChI=1S/C24H33N3O4S/c1-5-17(3)27(24(29)25-6-2)15-23(28)26-12-10-22-20(11-13-32-22)21(26)16-31-19-9-7-8-18(14-19)30-4/h7-9,11,13-14,17,21H,5-6,10,12,15-16H2,1-4H3,(H,25,29). The van der Waals surface area contributed by atoms with Gasteiger partial charge in [0.05, 0.1) is 13.2 Å². The number of hydrogen-bond acceptors (Lipinski definition) is 5. The van der Waals surface area contributed by atoms with Gasteiger partial charge in [-0.25, -0.2) is 4.79 Å². The second kappa shape index (κ2) is 11.2. The average molecular weight is 460 g/mol. The predicted octanol–water partition coefficient (Wildman–Crippen LogP) is 4.09. The summed E-state index contributed by atoms with van der Waals surface area (Å²) in [6.07, 6.45) is 1.60. The summed E-state index contributed by atoms with van der Waals surface area (Å²) < 4.78 is 11.4. The number of methoxy groups -OCH3 is 1. The van der Waals surface area contributed by atoms with Crippen LogP contribution in [0.15, 0.2) is 35.7 Å². The molecule has 1 aliphatic heterocycles. The molecule has 0 radical (unpaired) electrons. The molecule has 2 unspecified atom stereocenters. The number of benzene rings is 1. The van der Waals surface area contributed by atoms with Crippen LogP contribution in [0.25, 0.3) is 0 Å². The van der Waals surface area contributed by atoms with Crippen molar-refractivity contribution in [2.45, 2.75) is 45.7 Å². The number of nitrogens with one attached hydrogen (secondary N) is 1. The lowest BCUT2D eigenvalue weighted by atomic mass is 10.00. The van der Waals surface area contributed by atoms with Crippen LogP contribution in [0.2, 0.25) is 0 Å². The maximum atomic E-state index is 13.4. The Morgan fingerprint density at radius 1 is 1.28 bits per heavy atom. The molecule has 0 saturated carbocycles. The van der Waals surface area contributed by atoms with Gasteiger partial charge in [0.25, 0.3) is 0 Å². The lowest BCUT2D eigenvalue weighted by Gasteiger charge is -2.38. The highest BCUT2D eigenvalue weighted by Crippen LogP contribution is 2.34. The largest absolute Gasteiger partial charge is 0.497 e. The third-order valence-electron chi connectivity index (χ3n) is 5.88. The zero-order valence-electron chi connectivity index (χ0n) is 19.3. The molecule has 2 atom stereocenters. The second-order valence-electron chi connectivity index (χ2n) is 7.86. The van der Waals surface area contributed by atoms with E-state index in [1.807, 2.05) is 49.9 Å². The molecule has 1 aromatic carbocycles. The molecule has 3 amide bonds. The van der Waals surface area contributed by atoms with Crippen LogP contribution in [0.3, 0.4) is 0 Å². The molecule has 2 aromatic rings. The SMILES string of the molecule is CCNC(=O)N(CC(=O)N1CCc2sccc2C1COc1cccc(OC)c1)C(C)CC. The Hall–Kier alpha value is -2.74. The highest BCUT2D eigenvalue weighted by atomic mass is 32.1. The van der Waals surface area contributed by atoms with E-state index in [-0.39, 0.29) is 30.6 Å². The Labute approximate surface area is 194 Å². The summed E-state index contributed by atoms with van der Waals surface area (Å²) in [4.78, 5) is 30.8. The number of ether oxygens (including phenoxy) is 2. The van der Waals surface area contributed by atoms with E-state index in [9.17, 15) is 9.59 Å². The van der Waals surface area contributed by atoms with Crippen LogP contribution in [0.4, 0.5) is 4.79 Å². The van der Waals surface area contributed by atoms with Crippen molar-refractivity contribution in [2.75, 3.05) is 33.4 Å². The summed E-state index contributed by atoms with van der Waals surface area (Å²) in [7, 11) is 1.62. The molecule has 0 fully saturated rings. The number of carbonyl (C=O) groups excluding carboxylic acids is 2. The zero-order chi connectivity index (χ0) is 23.1. The van der Waals surface area contributed by atoms with Crippen LogP contribution in [-0.2, 0) is 11.2 Å². The third kappa shape index (κ3) is 5.54. The molecule has 7 nitrogen and oxygen atoms in total.